The van der Waals surface area contributed by atoms with E-state index in [9.17, 15) is 50.0 Å². The van der Waals surface area contributed by atoms with Crippen LogP contribution in [0.25, 0.3) is 0 Å². The van der Waals surface area contributed by atoms with Crippen LogP contribution in [0.5, 0.6) is 11.5 Å². The zero-order chi connectivity index (χ0) is 23.7. The van der Waals surface area contributed by atoms with E-state index in [0.29, 0.717) is 18.2 Å². The Morgan fingerprint density at radius 1 is 0.719 bits per heavy atom. The Morgan fingerprint density at radius 3 is 1.84 bits per heavy atom. The number of carbonyl (C=O) groups is 2. The van der Waals surface area contributed by atoms with Crippen LogP contribution in [-0.2, 0) is 9.78 Å². The highest BCUT2D eigenvalue weighted by Crippen LogP contribution is 2.50. The molecule has 2 aromatic carbocycles. The summed E-state index contributed by atoms with van der Waals surface area (Å²) in [5.74, 6) is -5.05. The van der Waals surface area contributed by atoms with Crippen molar-refractivity contribution < 1.29 is 48.8 Å². The van der Waals surface area contributed by atoms with E-state index in [-0.39, 0.29) is 0 Å². The molecule has 2 aromatic rings. The molecule has 0 saturated heterocycles. The maximum Gasteiger partial charge on any atom is 0.393 e. The number of non-ortho nitro benzene ring substituents is 1. The van der Waals surface area contributed by atoms with Crippen molar-refractivity contribution in [3.8, 4) is 11.5 Å². The van der Waals surface area contributed by atoms with Gasteiger partial charge in [0.1, 0.15) is 5.56 Å². The molecule has 1 heterocycles. The number of benzene rings is 2. The SMILES string of the molecule is O=C(OOC(=O)c1cc2c([N+](=O)[O-])c(c1[N+](=O)[O-])OO2)c1ccc([N+](=O)[O-])cc1[N+](=O)[O-]. The summed E-state index contributed by atoms with van der Waals surface area (Å²) in [7, 11) is 0. The maximum absolute atomic E-state index is 12.2. The van der Waals surface area contributed by atoms with E-state index in [1.165, 1.54) is 0 Å². The van der Waals surface area contributed by atoms with Crippen molar-refractivity contribution in [1.82, 2.24) is 0 Å². The minimum absolute atomic E-state index is 0.454. The molecule has 164 valence electrons. The lowest BCUT2D eigenvalue weighted by Gasteiger charge is -2.04. The van der Waals surface area contributed by atoms with Crippen LogP contribution in [0.15, 0.2) is 24.3 Å². The van der Waals surface area contributed by atoms with Crippen LogP contribution in [0, 0.1) is 40.5 Å². The molecular weight excluding hydrogens is 448 g/mol. The summed E-state index contributed by atoms with van der Waals surface area (Å²) in [6, 6.07) is 2.38. The molecule has 0 amide bonds. The van der Waals surface area contributed by atoms with Gasteiger partial charge in [0.15, 0.2) is 5.56 Å². The van der Waals surface area contributed by atoms with Crippen LogP contribution >= 0.6 is 0 Å². The van der Waals surface area contributed by atoms with Crippen molar-refractivity contribution in [2.75, 3.05) is 0 Å². The first-order chi connectivity index (χ1) is 15.0. The van der Waals surface area contributed by atoms with Gasteiger partial charge in [-0.25, -0.2) is 19.4 Å². The molecule has 0 atom stereocenters. The minimum atomic E-state index is -1.71. The first-order valence-corrected chi connectivity index (χ1v) is 7.73. The van der Waals surface area contributed by atoms with Gasteiger partial charge in [-0.3, -0.25) is 50.2 Å². The third-order valence-corrected chi connectivity index (χ3v) is 3.80. The van der Waals surface area contributed by atoms with E-state index >= 15 is 0 Å². The van der Waals surface area contributed by atoms with Crippen molar-refractivity contribution >= 4 is 34.7 Å². The Hall–Kier alpha value is -5.42. The van der Waals surface area contributed by atoms with E-state index in [4.69, 9.17) is 0 Å². The molecule has 0 unspecified atom stereocenters. The van der Waals surface area contributed by atoms with Crippen LogP contribution in [0.1, 0.15) is 20.7 Å². The van der Waals surface area contributed by atoms with Crippen molar-refractivity contribution in [2.24, 2.45) is 0 Å². The highest BCUT2D eigenvalue weighted by Gasteiger charge is 2.45. The highest BCUT2D eigenvalue weighted by atomic mass is 17.2. The fourth-order valence-electron chi connectivity index (χ4n) is 2.48. The maximum atomic E-state index is 12.2. The van der Waals surface area contributed by atoms with Gasteiger partial charge in [0.2, 0.25) is 0 Å². The first-order valence-electron chi connectivity index (χ1n) is 7.73. The molecule has 32 heavy (non-hydrogen) atoms. The summed E-state index contributed by atoms with van der Waals surface area (Å²) in [5.41, 5.74) is -5.75. The van der Waals surface area contributed by atoms with Gasteiger partial charge >= 0.3 is 29.1 Å². The molecule has 18 heteroatoms. The third-order valence-electron chi connectivity index (χ3n) is 3.80. The monoisotopic (exact) mass is 452 g/mol. The Kier molecular flexibility index (Phi) is 5.17. The topological polar surface area (TPSA) is 244 Å². The van der Waals surface area contributed by atoms with Crippen molar-refractivity contribution in [3.05, 3.63) is 75.8 Å². The molecule has 1 aliphatic heterocycles. The molecule has 0 fully saturated rings. The molecule has 0 saturated carbocycles. The zero-order valence-corrected chi connectivity index (χ0v) is 14.8. The summed E-state index contributed by atoms with van der Waals surface area (Å²) in [4.78, 5) is 81.0. The molecule has 18 nitrogen and oxygen atoms in total. The van der Waals surface area contributed by atoms with Gasteiger partial charge in [-0.05, 0) is 6.07 Å². The molecule has 3 rings (SSSR count). The van der Waals surface area contributed by atoms with Gasteiger partial charge in [0.05, 0.1) is 25.8 Å². The lowest BCUT2D eigenvalue weighted by Crippen LogP contribution is -2.14. The molecule has 0 N–H and O–H groups in total. The number of rotatable bonds is 6. The average Bonchev–Trinajstić information content (AvgIpc) is 3.04. The molecule has 0 radical (unpaired) electrons. The molecule has 0 spiro atoms. The predicted octanol–water partition coefficient (Wildman–Crippen LogP) is 1.93. The first kappa shape index (κ1) is 21.3. The van der Waals surface area contributed by atoms with Crippen LogP contribution < -0.4 is 9.78 Å². The van der Waals surface area contributed by atoms with Crippen molar-refractivity contribution in [2.45, 2.75) is 0 Å². The van der Waals surface area contributed by atoms with Gasteiger partial charge < -0.3 is 0 Å². The second-order valence-corrected chi connectivity index (χ2v) is 5.59. The van der Waals surface area contributed by atoms with E-state index in [1.807, 2.05) is 0 Å². The van der Waals surface area contributed by atoms with Crippen molar-refractivity contribution in [1.29, 1.82) is 0 Å². The fraction of sp³-hybridized carbons (Fsp3) is 0. The quantitative estimate of drug-likeness (QED) is 0.345. The Bertz CT molecular complexity index is 1240. The number of nitro benzene ring substituents is 4. The lowest BCUT2D eigenvalue weighted by molar-refractivity contribution is -0.395. The van der Waals surface area contributed by atoms with E-state index in [0.717, 1.165) is 6.07 Å². The minimum Gasteiger partial charge on any atom is -0.282 e. The normalized spacial score (nSPS) is 11.0. The number of nitro groups is 4. The zero-order valence-electron chi connectivity index (χ0n) is 14.8. The molecule has 0 aliphatic carbocycles. The number of carbonyl (C=O) groups excluding carboxylic acids is 2. The Morgan fingerprint density at radius 2 is 1.31 bits per heavy atom. The van der Waals surface area contributed by atoms with Gasteiger partial charge in [0.25, 0.3) is 17.1 Å². The van der Waals surface area contributed by atoms with Gasteiger partial charge in [-0.2, -0.15) is 0 Å². The third kappa shape index (κ3) is 3.60. The predicted molar refractivity (Wildman–Crippen MR) is 91.6 cm³/mol. The second kappa shape index (κ2) is 7.78. The number of hydrogen-bond donors (Lipinski definition) is 0. The van der Waals surface area contributed by atoms with Gasteiger partial charge in [0, 0.05) is 12.1 Å². The molecular formula is C14H4N4O14. The number of nitrogens with zero attached hydrogens (tertiary/aromatic N) is 4. The fourth-order valence-corrected chi connectivity index (χ4v) is 2.48. The summed E-state index contributed by atoms with van der Waals surface area (Å²) in [5, 5.41) is 44.1. The van der Waals surface area contributed by atoms with Crippen LogP contribution in [0.4, 0.5) is 22.7 Å². The van der Waals surface area contributed by atoms with E-state index < -0.39 is 77.0 Å². The highest BCUT2D eigenvalue weighted by molar-refractivity contribution is 5.99. The lowest BCUT2D eigenvalue weighted by atomic mass is 10.1. The number of hydrogen-bond acceptors (Lipinski definition) is 14. The van der Waals surface area contributed by atoms with E-state index in [2.05, 4.69) is 19.6 Å². The van der Waals surface area contributed by atoms with E-state index in [1.54, 1.807) is 0 Å². The summed E-state index contributed by atoms with van der Waals surface area (Å²) in [6.45, 7) is 0. The smallest absolute Gasteiger partial charge is 0.282 e. The van der Waals surface area contributed by atoms with Crippen LogP contribution in [0.3, 0.4) is 0 Å². The summed E-state index contributed by atoms with van der Waals surface area (Å²) < 4.78 is 0. The van der Waals surface area contributed by atoms with Gasteiger partial charge in [-0.15, -0.1) is 0 Å². The Balaban J connectivity index is 1.88. The van der Waals surface area contributed by atoms with Crippen molar-refractivity contribution in [3.63, 3.8) is 0 Å². The summed E-state index contributed by atoms with van der Waals surface area (Å²) in [6.07, 6.45) is 0. The molecule has 0 aromatic heterocycles. The average molecular weight is 452 g/mol. The Labute approximate surface area is 171 Å². The molecule has 1 aliphatic rings. The summed E-state index contributed by atoms with van der Waals surface area (Å²) >= 11 is 0. The number of fused-ring (bicyclic) bond motifs is 2. The standard InChI is InChI=1S/C14H4N4O14/c19-13(6-2-1-5(15(21)22)3-8(6)16(23)24)31-32-14(20)7-4-9-11(18(27)28)12(30-29-9)10(7)17(25)26/h1-4H. The van der Waals surface area contributed by atoms with Crippen LogP contribution in [-0.4, -0.2) is 31.6 Å². The largest absolute Gasteiger partial charge is 0.393 e. The van der Waals surface area contributed by atoms with Crippen LogP contribution in [0.2, 0.25) is 0 Å². The van der Waals surface area contributed by atoms with Gasteiger partial charge in [-0.1, -0.05) is 0 Å². The second-order valence-electron chi connectivity index (χ2n) is 5.59. The molecule has 2 bridgehead atoms.